The summed E-state index contributed by atoms with van der Waals surface area (Å²) in [5.74, 6) is 0.470. The molecule has 0 atom stereocenters. The number of ether oxygens (including phenoxy) is 2. The Morgan fingerprint density at radius 2 is 1.93 bits per heavy atom. The molecule has 3 rings (SSSR count). The van der Waals surface area contributed by atoms with E-state index in [4.69, 9.17) is 21.1 Å². The number of benzene rings is 2. The van der Waals surface area contributed by atoms with Gasteiger partial charge in [0.15, 0.2) is 0 Å². The minimum Gasteiger partial charge on any atom is -0.488 e. The van der Waals surface area contributed by atoms with E-state index in [0.717, 1.165) is 57.1 Å². The van der Waals surface area contributed by atoms with Crippen LogP contribution < -0.4 is 10.1 Å². The minimum atomic E-state index is -0.255. The van der Waals surface area contributed by atoms with E-state index in [1.807, 2.05) is 12.1 Å². The summed E-state index contributed by atoms with van der Waals surface area (Å²) in [7, 11) is 0. The van der Waals surface area contributed by atoms with Crippen molar-refractivity contribution >= 4 is 11.6 Å². The van der Waals surface area contributed by atoms with Gasteiger partial charge in [0.05, 0.1) is 13.2 Å². The van der Waals surface area contributed by atoms with Crippen molar-refractivity contribution in [2.24, 2.45) is 0 Å². The Balaban J connectivity index is 1.47. The van der Waals surface area contributed by atoms with E-state index in [1.165, 1.54) is 6.07 Å². The van der Waals surface area contributed by atoms with Gasteiger partial charge in [0.1, 0.15) is 18.2 Å². The minimum absolute atomic E-state index is 0.193. The molecule has 0 aromatic heterocycles. The third kappa shape index (κ3) is 6.47. The van der Waals surface area contributed by atoms with Crippen molar-refractivity contribution in [3.05, 3.63) is 64.4 Å². The predicted octanol–water partition coefficient (Wildman–Crippen LogP) is 3.87. The molecule has 27 heavy (non-hydrogen) atoms. The van der Waals surface area contributed by atoms with Gasteiger partial charge in [-0.3, -0.25) is 4.90 Å². The fourth-order valence-corrected chi connectivity index (χ4v) is 3.27. The zero-order chi connectivity index (χ0) is 18.9. The number of hydrogen-bond donors (Lipinski definition) is 1. The lowest BCUT2D eigenvalue weighted by molar-refractivity contribution is 0.0374. The molecule has 0 radical (unpaired) electrons. The quantitative estimate of drug-likeness (QED) is 0.657. The van der Waals surface area contributed by atoms with Crippen molar-refractivity contribution in [2.75, 3.05) is 39.4 Å². The molecular weight excluding hydrogens is 367 g/mol. The Labute approximate surface area is 165 Å². The monoisotopic (exact) mass is 392 g/mol. The summed E-state index contributed by atoms with van der Waals surface area (Å²) in [5.41, 5.74) is 1.52. The first-order valence-corrected chi connectivity index (χ1v) is 9.75. The Morgan fingerprint density at radius 3 is 2.74 bits per heavy atom. The summed E-state index contributed by atoms with van der Waals surface area (Å²) in [6, 6.07) is 12.2. The molecule has 0 bridgehead atoms. The molecular formula is C21H26ClFN2O2. The molecule has 0 aliphatic carbocycles. The Morgan fingerprint density at radius 1 is 1.11 bits per heavy atom. The SMILES string of the molecule is Fc1ccccc1COc1ccc(Cl)cc1CNCCCN1CCOCC1. The first-order chi connectivity index (χ1) is 13.2. The van der Waals surface area contributed by atoms with Crippen LogP contribution in [0.25, 0.3) is 0 Å². The maximum atomic E-state index is 13.8. The molecule has 0 unspecified atom stereocenters. The maximum absolute atomic E-state index is 13.8. The van der Waals surface area contributed by atoms with E-state index in [0.29, 0.717) is 17.1 Å². The zero-order valence-electron chi connectivity index (χ0n) is 15.4. The zero-order valence-corrected chi connectivity index (χ0v) is 16.2. The van der Waals surface area contributed by atoms with Crippen molar-refractivity contribution in [3.8, 4) is 5.75 Å². The van der Waals surface area contributed by atoms with Crippen molar-refractivity contribution in [2.45, 2.75) is 19.6 Å². The lowest BCUT2D eigenvalue weighted by Crippen LogP contribution is -2.37. The average Bonchev–Trinajstić information content (AvgIpc) is 2.69. The highest BCUT2D eigenvalue weighted by Crippen LogP contribution is 2.24. The molecule has 1 saturated heterocycles. The van der Waals surface area contributed by atoms with Gasteiger partial charge >= 0.3 is 0 Å². The molecule has 0 amide bonds. The predicted molar refractivity (Wildman–Crippen MR) is 106 cm³/mol. The largest absolute Gasteiger partial charge is 0.488 e. The third-order valence-corrected chi connectivity index (χ3v) is 4.85. The van der Waals surface area contributed by atoms with E-state index in [2.05, 4.69) is 10.2 Å². The standard InChI is InChI=1S/C21H26ClFN2O2/c22-19-6-7-21(27-16-17-4-1-2-5-20(17)23)18(14-19)15-24-8-3-9-25-10-12-26-13-11-25/h1-2,4-7,14,24H,3,8-13,15-16H2. The molecule has 2 aromatic rings. The fourth-order valence-electron chi connectivity index (χ4n) is 3.07. The lowest BCUT2D eigenvalue weighted by atomic mass is 10.2. The van der Waals surface area contributed by atoms with Crippen LogP contribution in [-0.4, -0.2) is 44.3 Å². The number of nitrogens with one attached hydrogen (secondary N) is 1. The molecule has 0 spiro atoms. The van der Waals surface area contributed by atoms with Crippen LogP contribution >= 0.6 is 11.6 Å². The second kappa shape index (κ2) is 10.6. The van der Waals surface area contributed by atoms with Gasteiger partial charge in [-0.15, -0.1) is 0 Å². The third-order valence-electron chi connectivity index (χ3n) is 4.61. The van der Waals surface area contributed by atoms with Crippen LogP contribution in [0.2, 0.25) is 5.02 Å². The van der Waals surface area contributed by atoms with E-state index in [1.54, 1.807) is 24.3 Å². The molecule has 1 fully saturated rings. The molecule has 2 aromatic carbocycles. The van der Waals surface area contributed by atoms with Crippen LogP contribution in [0.4, 0.5) is 4.39 Å². The topological polar surface area (TPSA) is 33.7 Å². The van der Waals surface area contributed by atoms with Crippen LogP contribution in [0.1, 0.15) is 17.5 Å². The molecule has 0 saturated carbocycles. The van der Waals surface area contributed by atoms with E-state index in [-0.39, 0.29) is 12.4 Å². The van der Waals surface area contributed by atoms with Gasteiger partial charge in [0.2, 0.25) is 0 Å². The Kier molecular flexibility index (Phi) is 7.90. The normalized spacial score (nSPS) is 15.0. The summed E-state index contributed by atoms with van der Waals surface area (Å²) in [6.07, 6.45) is 1.08. The van der Waals surface area contributed by atoms with Gasteiger partial charge in [-0.2, -0.15) is 0 Å². The average molecular weight is 393 g/mol. The van der Waals surface area contributed by atoms with Crippen molar-refractivity contribution in [1.29, 1.82) is 0 Å². The highest BCUT2D eigenvalue weighted by Gasteiger charge is 2.10. The van der Waals surface area contributed by atoms with E-state index >= 15 is 0 Å². The van der Waals surface area contributed by atoms with Crippen molar-refractivity contribution < 1.29 is 13.9 Å². The highest BCUT2D eigenvalue weighted by molar-refractivity contribution is 6.30. The first kappa shape index (κ1) is 20.1. The molecule has 4 nitrogen and oxygen atoms in total. The van der Waals surface area contributed by atoms with Gasteiger partial charge in [0, 0.05) is 35.8 Å². The Hall–Kier alpha value is -1.66. The van der Waals surface area contributed by atoms with E-state index in [9.17, 15) is 4.39 Å². The second-order valence-corrected chi connectivity index (χ2v) is 7.05. The molecule has 1 heterocycles. The highest BCUT2D eigenvalue weighted by atomic mass is 35.5. The van der Waals surface area contributed by atoms with Crippen LogP contribution in [0, 0.1) is 5.82 Å². The molecule has 6 heteroatoms. The van der Waals surface area contributed by atoms with Gasteiger partial charge in [-0.1, -0.05) is 29.8 Å². The molecule has 1 aliphatic heterocycles. The summed E-state index contributed by atoms with van der Waals surface area (Å²) in [4.78, 5) is 2.42. The smallest absolute Gasteiger partial charge is 0.129 e. The van der Waals surface area contributed by atoms with Gasteiger partial charge in [-0.05, 0) is 43.8 Å². The van der Waals surface area contributed by atoms with E-state index < -0.39 is 0 Å². The number of rotatable bonds is 9. The molecule has 1 aliphatic rings. The van der Waals surface area contributed by atoms with Gasteiger partial charge in [-0.25, -0.2) is 4.39 Å². The summed E-state index contributed by atoms with van der Waals surface area (Å²) >= 11 is 6.14. The van der Waals surface area contributed by atoms with Crippen LogP contribution in [0.5, 0.6) is 5.75 Å². The second-order valence-electron chi connectivity index (χ2n) is 6.62. The summed E-state index contributed by atoms with van der Waals surface area (Å²) in [5, 5.41) is 4.11. The van der Waals surface area contributed by atoms with Crippen LogP contribution in [0.15, 0.2) is 42.5 Å². The van der Waals surface area contributed by atoms with Crippen molar-refractivity contribution in [3.63, 3.8) is 0 Å². The summed E-state index contributed by atoms with van der Waals surface area (Å²) < 4.78 is 25.0. The van der Waals surface area contributed by atoms with Crippen LogP contribution in [0.3, 0.4) is 0 Å². The molecule has 146 valence electrons. The maximum Gasteiger partial charge on any atom is 0.129 e. The summed E-state index contributed by atoms with van der Waals surface area (Å²) in [6.45, 7) is 6.54. The number of halogens is 2. The van der Waals surface area contributed by atoms with Crippen LogP contribution in [-0.2, 0) is 17.9 Å². The number of morpholine rings is 1. The first-order valence-electron chi connectivity index (χ1n) is 9.38. The molecule has 1 N–H and O–H groups in total. The number of hydrogen-bond acceptors (Lipinski definition) is 4. The number of nitrogens with zero attached hydrogens (tertiary/aromatic N) is 1. The Bertz CT molecular complexity index is 723. The van der Waals surface area contributed by atoms with Gasteiger partial charge < -0.3 is 14.8 Å². The fraction of sp³-hybridized carbons (Fsp3) is 0.429. The van der Waals surface area contributed by atoms with Gasteiger partial charge in [0.25, 0.3) is 0 Å². The lowest BCUT2D eigenvalue weighted by Gasteiger charge is -2.26. The van der Waals surface area contributed by atoms with Crippen molar-refractivity contribution in [1.82, 2.24) is 10.2 Å².